The Hall–Kier alpha value is -2.77. The monoisotopic (exact) mass is 375 g/mol. The van der Waals surface area contributed by atoms with Crippen LogP contribution in [0, 0.1) is 0 Å². The van der Waals surface area contributed by atoms with Gasteiger partial charge >= 0.3 is 5.97 Å². The molecule has 1 saturated heterocycles. The number of anilines is 2. The number of benzene rings is 1. The van der Waals surface area contributed by atoms with Crippen LogP contribution in [-0.2, 0) is 4.79 Å². The molecule has 1 aliphatic heterocycles. The van der Waals surface area contributed by atoms with E-state index in [4.69, 9.17) is 5.53 Å². The van der Waals surface area contributed by atoms with Gasteiger partial charge in [0, 0.05) is 17.4 Å². The molecule has 1 atom stereocenters. The fourth-order valence-electron chi connectivity index (χ4n) is 3.42. The smallest absolute Gasteiger partial charge is 0.335 e. The average molecular weight is 375 g/mol. The average Bonchev–Trinajstić information content (AvgIpc) is 3.00. The summed E-state index contributed by atoms with van der Waals surface area (Å²) in [7, 11) is 0. The van der Waals surface area contributed by atoms with Crippen LogP contribution in [0.4, 0.5) is 11.4 Å². The lowest BCUT2D eigenvalue weighted by Gasteiger charge is -2.37. The molecule has 1 aliphatic rings. The van der Waals surface area contributed by atoms with Gasteiger partial charge in [-0.25, -0.2) is 4.79 Å². The molecule has 1 fully saturated rings. The molecule has 0 saturated carbocycles. The molecule has 1 aromatic rings. The Morgan fingerprint density at radius 1 is 1.44 bits per heavy atom. The first kappa shape index (κ1) is 20.5. The maximum Gasteiger partial charge on any atom is 0.335 e. The summed E-state index contributed by atoms with van der Waals surface area (Å²) in [6.07, 6.45) is 2.22. The molecule has 9 nitrogen and oxygen atoms in total. The van der Waals surface area contributed by atoms with Crippen LogP contribution in [0.15, 0.2) is 23.3 Å². The molecule has 0 spiro atoms. The summed E-state index contributed by atoms with van der Waals surface area (Å²) in [6.45, 7) is 3.62. The molecule has 0 aliphatic carbocycles. The molecule has 1 amide bonds. The number of aromatic carboxylic acids is 1. The summed E-state index contributed by atoms with van der Waals surface area (Å²) in [5.74, 6) is -1.27. The van der Waals surface area contributed by atoms with E-state index in [0.29, 0.717) is 17.8 Å². The zero-order valence-corrected chi connectivity index (χ0v) is 15.6. The summed E-state index contributed by atoms with van der Waals surface area (Å²) < 4.78 is 0. The number of hydrogen-bond donors (Lipinski definition) is 3. The van der Waals surface area contributed by atoms with E-state index in [-0.39, 0.29) is 37.1 Å². The predicted molar refractivity (Wildman–Crippen MR) is 102 cm³/mol. The van der Waals surface area contributed by atoms with Gasteiger partial charge in [-0.2, -0.15) is 0 Å². The molecule has 0 bridgehead atoms. The van der Waals surface area contributed by atoms with Crippen molar-refractivity contribution in [2.45, 2.75) is 51.1 Å². The van der Waals surface area contributed by atoms with Crippen molar-refractivity contribution >= 4 is 23.3 Å². The van der Waals surface area contributed by atoms with Gasteiger partial charge in [0.1, 0.15) is 0 Å². The van der Waals surface area contributed by atoms with Crippen molar-refractivity contribution in [3.8, 4) is 0 Å². The molecule has 27 heavy (non-hydrogen) atoms. The van der Waals surface area contributed by atoms with Crippen molar-refractivity contribution in [2.75, 3.05) is 23.4 Å². The van der Waals surface area contributed by atoms with Crippen LogP contribution in [0.1, 0.15) is 49.9 Å². The molecule has 2 rings (SSSR count). The number of nitrogens with one attached hydrogen (secondary N) is 1. The standard InChI is InChI=1S/C18H25N5O4/c1-3-13(4-2)21-14-9-12(17(26)27)5-6-15(14)23-16(25)7-8-18(23,11-24)10-20-22-19/h5-6,9,13,21,24H,3-4,7-8,10-11H2,1-2H3,(H,26,27). The van der Waals surface area contributed by atoms with E-state index < -0.39 is 11.5 Å². The van der Waals surface area contributed by atoms with Gasteiger partial charge in [-0.15, -0.1) is 0 Å². The van der Waals surface area contributed by atoms with Crippen molar-refractivity contribution in [3.63, 3.8) is 0 Å². The number of nitrogens with zero attached hydrogens (tertiary/aromatic N) is 4. The largest absolute Gasteiger partial charge is 0.478 e. The lowest BCUT2D eigenvalue weighted by molar-refractivity contribution is -0.117. The number of azide groups is 1. The number of amides is 1. The third-order valence-electron chi connectivity index (χ3n) is 5.08. The van der Waals surface area contributed by atoms with Crippen molar-refractivity contribution in [2.24, 2.45) is 5.11 Å². The van der Waals surface area contributed by atoms with Crippen molar-refractivity contribution < 1.29 is 19.8 Å². The van der Waals surface area contributed by atoms with Gasteiger partial charge in [-0.05, 0) is 43.0 Å². The minimum absolute atomic E-state index is 0.0587. The number of carboxylic acid groups (broad SMARTS) is 1. The van der Waals surface area contributed by atoms with E-state index in [9.17, 15) is 19.8 Å². The number of aliphatic hydroxyl groups excluding tert-OH is 1. The second-order valence-corrected chi connectivity index (χ2v) is 6.70. The lowest BCUT2D eigenvalue weighted by Crippen LogP contribution is -2.51. The summed E-state index contributed by atoms with van der Waals surface area (Å²) in [6, 6.07) is 4.60. The molecule has 0 aromatic heterocycles. The molecule has 0 radical (unpaired) electrons. The number of carbonyl (C=O) groups excluding carboxylic acids is 1. The Morgan fingerprint density at radius 3 is 2.70 bits per heavy atom. The van der Waals surface area contributed by atoms with E-state index in [1.807, 2.05) is 13.8 Å². The second kappa shape index (κ2) is 8.75. The van der Waals surface area contributed by atoms with Gasteiger partial charge in [-0.1, -0.05) is 19.0 Å². The van der Waals surface area contributed by atoms with E-state index in [2.05, 4.69) is 15.3 Å². The molecule has 146 valence electrons. The Bertz CT molecular complexity index is 758. The topological polar surface area (TPSA) is 139 Å². The normalized spacial score (nSPS) is 19.3. The van der Waals surface area contributed by atoms with Gasteiger partial charge in [-0.3, -0.25) is 4.79 Å². The van der Waals surface area contributed by atoms with Crippen LogP contribution in [0.2, 0.25) is 0 Å². The van der Waals surface area contributed by atoms with Crippen LogP contribution in [0.5, 0.6) is 0 Å². The fraction of sp³-hybridized carbons (Fsp3) is 0.556. The van der Waals surface area contributed by atoms with Gasteiger partial charge < -0.3 is 20.4 Å². The Labute approximate surface area is 157 Å². The van der Waals surface area contributed by atoms with Crippen LogP contribution in [0.3, 0.4) is 0 Å². The SMILES string of the molecule is CCC(CC)Nc1cc(C(=O)O)ccc1N1C(=O)CCC1(CO)CN=[N+]=[N-]. The highest BCUT2D eigenvalue weighted by molar-refractivity contribution is 6.01. The molecule has 1 aromatic carbocycles. The van der Waals surface area contributed by atoms with E-state index >= 15 is 0 Å². The molecular weight excluding hydrogens is 350 g/mol. The zero-order valence-electron chi connectivity index (χ0n) is 15.6. The van der Waals surface area contributed by atoms with E-state index in [1.165, 1.54) is 17.0 Å². The van der Waals surface area contributed by atoms with Crippen molar-refractivity contribution in [1.82, 2.24) is 0 Å². The van der Waals surface area contributed by atoms with E-state index in [1.54, 1.807) is 6.07 Å². The fourth-order valence-corrected chi connectivity index (χ4v) is 3.42. The maximum atomic E-state index is 12.6. The second-order valence-electron chi connectivity index (χ2n) is 6.70. The quantitative estimate of drug-likeness (QED) is 0.346. The lowest BCUT2D eigenvalue weighted by atomic mass is 9.96. The highest BCUT2D eigenvalue weighted by Crippen LogP contribution is 2.40. The summed E-state index contributed by atoms with van der Waals surface area (Å²) >= 11 is 0. The molecular formula is C18H25N5O4. The van der Waals surface area contributed by atoms with Gasteiger partial charge in [0.05, 0.1) is 35.6 Å². The third-order valence-corrected chi connectivity index (χ3v) is 5.08. The van der Waals surface area contributed by atoms with Crippen LogP contribution >= 0.6 is 0 Å². The minimum atomic E-state index is -1.07. The Kier molecular flexibility index (Phi) is 6.65. The van der Waals surface area contributed by atoms with Crippen LogP contribution in [0.25, 0.3) is 10.4 Å². The number of rotatable bonds is 9. The molecule has 1 heterocycles. The van der Waals surface area contributed by atoms with Crippen LogP contribution < -0.4 is 10.2 Å². The number of aliphatic hydroxyl groups is 1. The molecule has 1 unspecified atom stereocenters. The first-order valence-corrected chi connectivity index (χ1v) is 9.01. The first-order chi connectivity index (χ1) is 12.9. The summed E-state index contributed by atoms with van der Waals surface area (Å²) in [5, 5.41) is 26.2. The molecule has 3 N–H and O–H groups in total. The summed E-state index contributed by atoms with van der Waals surface area (Å²) in [5.41, 5.74) is 8.76. The highest BCUT2D eigenvalue weighted by Gasteiger charge is 2.46. The summed E-state index contributed by atoms with van der Waals surface area (Å²) in [4.78, 5) is 28.3. The Morgan fingerprint density at radius 2 is 2.15 bits per heavy atom. The maximum absolute atomic E-state index is 12.6. The van der Waals surface area contributed by atoms with Gasteiger partial charge in [0.15, 0.2) is 0 Å². The third kappa shape index (κ3) is 4.15. The highest BCUT2D eigenvalue weighted by atomic mass is 16.4. The van der Waals surface area contributed by atoms with Gasteiger partial charge in [0.25, 0.3) is 0 Å². The zero-order chi connectivity index (χ0) is 20.0. The van der Waals surface area contributed by atoms with Gasteiger partial charge in [0.2, 0.25) is 5.91 Å². The predicted octanol–water partition coefficient (Wildman–Crippen LogP) is 3.15. The van der Waals surface area contributed by atoms with E-state index in [0.717, 1.165) is 12.8 Å². The van der Waals surface area contributed by atoms with Crippen molar-refractivity contribution in [3.05, 3.63) is 34.2 Å². The first-order valence-electron chi connectivity index (χ1n) is 9.01. The number of hydrogen-bond acceptors (Lipinski definition) is 5. The Balaban J connectivity index is 2.57. The number of carbonyl (C=O) groups is 2. The number of carboxylic acids is 1. The van der Waals surface area contributed by atoms with Crippen molar-refractivity contribution in [1.29, 1.82) is 0 Å². The minimum Gasteiger partial charge on any atom is -0.478 e. The van der Waals surface area contributed by atoms with Crippen LogP contribution in [-0.4, -0.2) is 46.8 Å². The molecule has 9 heteroatoms.